The smallest absolute Gasteiger partial charge is 0.345 e. The van der Waals surface area contributed by atoms with Crippen LogP contribution in [0.5, 0.6) is 0 Å². The number of esters is 1. The van der Waals surface area contributed by atoms with Gasteiger partial charge in [-0.3, -0.25) is 20.2 Å². The Bertz CT molecular complexity index is 1380. The standard InChI is InChI=1S/C23H16N4O8/c1-34-22(28)20(21(23(29)35-2)25-10-4-3-9-24-25)19-17-11-13(26(30)31)5-7-15(17)16-8-6-14(27(32)33)12-18(16)19/h3-12H,1-2H3. The second-order valence-corrected chi connectivity index (χ2v) is 7.20. The van der Waals surface area contributed by atoms with Gasteiger partial charge < -0.3 is 14.6 Å². The van der Waals surface area contributed by atoms with Crippen molar-refractivity contribution >= 4 is 28.6 Å². The minimum Gasteiger partial charge on any atom is -0.612 e. The largest absolute Gasteiger partial charge is 0.612 e. The second kappa shape index (κ2) is 9.02. The Balaban J connectivity index is 2.20. The lowest BCUT2D eigenvalue weighted by Gasteiger charge is -2.15. The molecule has 1 aromatic heterocycles. The summed E-state index contributed by atoms with van der Waals surface area (Å²) < 4.78 is 11.0. The van der Waals surface area contributed by atoms with Gasteiger partial charge in [0.15, 0.2) is 0 Å². The molecule has 0 N–H and O–H groups in total. The van der Waals surface area contributed by atoms with E-state index in [4.69, 9.17) is 9.47 Å². The molecule has 12 heteroatoms. The molecule has 12 nitrogen and oxygen atoms in total. The van der Waals surface area contributed by atoms with Gasteiger partial charge in [0, 0.05) is 35.9 Å². The molecule has 176 valence electrons. The Morgan fingerprint density at radius 3 is 1.89 bits per heavy atom. The SMILES string of the molecule is COC(=O)C(=C1c2cc([N+](=O)[O-])ccc2-c2ccc([N+](=O)[O-])cc21)/C(=C(\[O-])OC)[n+]1ccccn1. The number of rotatable bonds is 6. The highest BCUT2D eigenvalue weighted by atomic mass is 16.6. The Morgan fingerprint density at radius 1 is 0.886 bits per heavy atom. The van der Waals surface area contributed by atoms with Crippen LogP contribution in [-0.4, -0.2) is 35.1 Å². The summed E-state index contributed by atoms with van der Waals surface area (Å²) in [6.45, 7) is 0. The van der Waals surface area contributed by atoms with Crippen LogP contribution in [0.25, 0.3) is 22.4 Å². The van der Waals surface area contributed by atoms with Gasteiger partial charge in [0.2, 0.25) is 6.20 Å². The van der Waals surface area contributed by atoms with Crippen LogP contribution < -0.4 is 9.79 Å². The first-order valence-electron chi connectivity index (χ1n) is 9.98. The van der Waals surface area contributed by atoms with Gasteiger partial charge in [0.1, 0.15) is 11.5 Å². The van der Waals surface area contributed by atoms with Gasteiger partial charge in [0.05, 0.1) is 23.2 Å². The predicted molar refractivity (Wildman–Crippen MR) is 118 cm³/mol. The summed E-state index contributed by atoms with van der Waals surface area (Å²) in [4.78, 5) is 35.0. The zero-order chi connectivity index (χ0) is 25.3. The Morgan fingerprint density at radius 2 is 1.46 bits per heavy atom. The Kier molecular flexibility index (Phi) is 5.94. The van der Waals surface area contributed by atoms with Crippen LogP contribution >= 0.6 is 0 Å². The molecule has 35 heavy (non-hydrogen) atoms. The predicted octanol–water partition coefficient (Wildman–Crippen LogP) is 1.97. The van der Waals surface area contributed by atoms with E-state index in [1.807, 2.05) is 0 Å². The first-order chi connectivity index (χ1) is 16.8. The van der Waals surface area contributed by atoms with Gasteiger partial charge in [-0.2, -0.15) is 0 Å². The molecular formula is C23H16N4O8. The summed E-state index contributed by atoms with van der Waals surface area (Å²) in [6.07, 6.45) is 2.77. The van der Waals surface area contributed by atoms with Crippen molar-refractivity contribution in [1.29, 1.82) is 0 Å². The quantitative estimate of drug-likeness (QED) is 0.101. The normalized spacial score (nSPS) is 12.2. The number of nitro groups is 2. The average molecular weight is 476 g/mol. The summed E-state index contributed by atoms with van der Waals surface area (Å²) >= 11 is 0. The zero-order valence-electron chi connectivity index (χ0n) is 18.3. The van der Waals surface area contributed by atoms with E-state index < -0.39 is 21.8 Å². The number of aromatic nitrogens is 2. The van der Waals surface area contributed by atoms with Crippen LogP contribution in [0.1, 0.15) is 11.1 Å². The third-order valence-corrected chi connectivity index (χ3v) is 5.36. The van der Waals surface area contributed by atoms with Crippen LogP contribution in [0, 0.1) is 20.2 Å². The molecule has 0 spiro atoms. The van der Waals surface area contributed by atoms with Crippen LogP contribution in [-0.2, 0) is 14.3 Å². The summed E-state index contributed by atoms with van der Waals surface area (Å²) in [6, 6.07) is 11.1. The van der Waals surface area contributed by atoms with Crippen molar-refractivity contribution < 1.29 is 33.9 Å². The molecule has 0 unspecified atom stereocenters. The second-order valence-electron chi connectivity index (χ2n) is 7.20. The maximum Gasteiger partial charge on any atom is 0.345 e. The van der Waals surface area contributed by atoms with Crippen molar-refractivity contribution in [2.75, 3.05) is 14.2 Å². The lowest BCUT2D eigenvalue weighted by Crippen LogP contribution is -2.41. The van der Waals surface area contributed by atoms with E-state index in [2.05, 4.69) is 5.10 Å². The molecule has 0 radical (unpaired) electrons. The number of ether oxygens (including phenoxy) is 2. The monoisotopic (exact) mass is 476 g/mol. The van der Waals surface area contributed by atoms with Gasteiger partial charge in [-0.1, -0.05) is 0 Å². The van der Waals surface area contributed by atoms with Crippen molar-refractivity contribution in [2.24, 2.45) is 0 Å². The highest BCUT2D eigenvalue weighted by molar-refractivity contribution is 6.16. The fraction of sp³-hybridized carbons (Fsp3) is 0.0870. The molecule has 1 aliphatic carbocycles. The Hall–Kier alpha value is -5.13. The lowest BCUT2D eigenvalue weighted by molar-refractivity contribution is -0.649. The van der Waals surface area contributed by atoms with Crippen molar-refractivity contribution in [3.8, 4) is 11.1 Å². The fourth-order valence-electron chi connectivity index (χ4n) is 3.88. The summed E-state index contributed by atoms with van der Waals surface area (Å²) in [5.41, 5.74) is 0.194. The van der Waals surface area contributed by atoms with Crippen LogP contribution in [0.4, 0.5) is 11.4 Å². The van der Waals surface area contributed by atoms with E-state index in [1.54, 1.807) is 12.1 Å². The van der Waals surface area contributed by atoms with Crippen molar-refractivity contribution in [3.05, 3.63) is 104 Å². The van der Waals surface area contributed by atoms with Crippen molar-refractivity contribution in [2.45, 2.75) is 0 Å². The van der Waals surface area contributed by atoms with Crippen LogP contribution in [0.3, 0.4) is 0 Å². The number of hydrogen-bond donors (Lipinski definition) is 0. The molecule has 0 saturated carbocycles. The molecule has 0 fully saturated rings. The number of nitro benzene ring substituents is 2. The number of benzene rings is 2. The molecule has 0 bridgehead atoms. The van der Waals surface area contributed by atoms with Gasteiger partial charge in [0.25, 0.3) is 17.1 Å². The van der Waals surface area contributed by atoms with Crippen molar-refractivity contribution in [1.82, 2.24) is 5.10 Å². The number of fused-ring (bicyclic) bond motifs is 3. The fourth-order valence-corrected chi connectivity index (χ4v) is 3.88. The van der Waals surface area contributed by atoms with Gasteiger partial charge in [-0.05, 0) is 57.3 Å². The summed E-state index contributed by atoms with van der Waals surface area (Å²) in [5.74, 6) is -1.93. The van der Waals surface area contributed by atoms with Crippen LogP contribution in [0.2, 0.25) is 0 Å². The van der Waals surface area contributed by atoms with Gasteiger partial charge in [-0.15, -0.1) is 0 Å². The molecule has 0 saturated heterocycles. The third kappa shape index (κ3) is 3.93. The number of nitrogens with zero attached hydrogens (tertiary/aromatic N) is 4. The lowest BCUT2D eigenvalue weighted by atomic mass is 9.95. The van der Waals surface area contributed by atoms with Gasteiger partial charge >= 0.3 is 5.97 Å². The highest BCUT2D eigenvalue weighted by Crippen LogP contribution is 2.49. The molecule has 1 aliphatic rings. The first kappa shape index (κ1) is 23.0. The molecule has 2 aromatic carbocycles. The first-order valence-corrected chi connectivity index (χ1v) is 9.98. The van der Waals surface area contributed by atoms with E-state index in [0.29, 0.717) is 11.1 Å². The van der Waals surface area contributed by atoms with E-state index in [9.17, 15) is 30.1 Å². The van der Waals surface area contributed by atoms with Crippen LogP contribution in [0.15, 0.2) is 72.4 Å². The molecule has 0 aliphatic heterocycles. The molecule has 3 aromatic rings. The molecule has 1 heterocycles. The van der Waals surface area contributed by atoms with E-state index >= 15 is 0 Å². The maximum atomic E-state index is 13.2. The topological polar surface area (TPSA) is 162 Å². The minimum atomic E-state index is -0.977. The number of carbonyl (C=O) groups is 1. The third-order valence-electron chi connectivity index (χ3n) is 5.36. The van der Waals surface area contributed by atoms with E-state index in [-0.39, 0.29) is 39.3 Å². The minimum absolute atomic E-state index is 0.0350. The molecular weight excluding hydrogens is 460 g/mol. The number of methoxy groups -OCH3 is 2. The molecule has 0 atom stereocenters. The van der Waals surface area contributed by atoms with Crippen molar-refractivity contribution in [3.63, 3.8) is 0 Å². The molecule has 0 amide bonds. The zero-order valence-corrected chi connectivity index (χ0v) is 18.3. The van der Waals surface area contributed by atoms with Gasteiger partial charge in [-0.25, -0.2) is 4.79 Å². The van der Waals surface area contributed by atoms with E-state index in [1.165, 1.54) is 48.8 Å². The Labute approximate surface area is 197 Å². The average Bonchev–Trinajstić information content (AvgIpc) is 3.19. The summed E-state index contributed by atoms with van der Waals surface area (Å²) in [5, 5.41) is 40.0. The number of non-ortho nitro benzene ring substituents is 2. The number of carbonyl (C=O) groups excluding carboxylic acids is 1. The highest BCUT2D eigenvalue weighted by Gasteiger charge is 2.38. The number of hydrogen-bond acceptors (Lipinski definition) is 9. The molecule has 4 rings (SSSR count). The van der Waals surface area contributed by atoms with E-state index in [0.717, 1.165) is 18.9 Å². The summed E-state index contributed by atoms with van der Waals surface area (Å²) in [7, 11) is 2.20. The maximum absolute atomic E-state index is 13.2.